The van der Waals surface area contributed by atoms with E-state index in [2.05, 4.69) is 16.5 Å². The number of benzene rings is 2. The first-order valence-corrected chi connectivity index (χ1v) is 9.50. The monoisotopic (exact) mass is 387 g/mol. The normalized spacial score (nSPS) is 13.2. The number of aromatic nitrogens is 2. The lowest BCUT2D eigenvalue weighted by Gasteiger charge is -2.28. The van der Waals surface area contributed by atoms with Crippen LogP contribution in [0, 0.1) is 11.3 Å². The van der Waals surface area contributed by atoms with E-state index in [4.69, 9.17) is 10.4 Å². The number of carbonyl (C=O) groups is 1. The van der Waals surface area contributed by atoms with Crippen molar-refractivity contribution in [3.05, 3.63) is 71.5 Å². The Morgan fingerprint density at radius 2 is 2.00 bits per heavy atom. The van der Waals surface area contributed by atoms with Crippen molar-refractivity contribution >= 4 is 11.6 Å². The smallest absolute Gasteiger partial charge is 0.277 e. The van der Waals surface area contributed by atoms with E-state index in [1.807, 2.05) is 36.4 Å². The molecule has 1 amide bonds. The fraction of sp³-hybridized carbons (Fsp3) is 0.227. The van der Waals surface area contributed by atoms with Crippen LogP contribution in [0.2, 0.25) is 0 Å². The van der Waals surface area contributed by atoms with Gasteiger partial charge in [-0.15, -0.1) is 0 Å². The average molecular weight is 387 g/mol. The van der Waals surface area contributed by atoms with Crippen molar-refractivity contribution in [3.63, 3.8) is 0 Å². The van der Waals surface area contributed by atoms with Gasteiger partial charge < -0.3 is 15.3 Å². The quantitative estimate of drug-likeness (QED) is 0.632. The Bertz CT molecular complexity index is 1070. The van der Waals surface area contributed by atoms with Crippen LogP contribution in [0.5, 0.6) is 0 Å². The third kappa shape index (κ3) is 3.76. The summed E-state index contributed by atoms with van der Waals surface area (Å²) in [6.45, 7) is 2.48. The van der Waals surface area contributed by atoms with E-state index < -0.39 is 0 Å². The van der Waals surface area contributed by atoms with E-state index in [0.717, 1.165) is 22.4 Å². The maximum atomic E-state index is 13.3. The first kappa shape index (κ1) is 18.9. The lowest BCUT2D eigenvalue weighted by molar-refractivity contribution is 0.0963. The number of aliphatic hydroxyl groups excluding tert-OH is 1. The lowest BCUT2D eigenvalue weighted by atomic mass is 10.0. The first-order chi connectivity index (χ1) is 14.2. The molecule has 0 fully saturated rings. The Hall–Kier alpha value is -3.47. The Balaban J connectivity index is 1.60. The number of hydrogen-bond acceptors (Lipinski definition) is 5. The number of hydrogen-bond donors (Lipinski definition) is 2. The molecule has 2 heterocycles. The summed E-state index contributed by atoms with van der Waals surface area (Å²) in [5.74, 6) is -0.0998. The molecule has 3 aromatic rings. The number of nitrogens with one attached hydrogen (secondary N) is 1. The number of nitrogens with zero attached hydrogens (tertiary/aromatic N) is 4. The highest BCUT2D eigenvalue weighted by molar-refractivity contribution is 6.09. The topological polar surface area (TPSA) is 94.2 Å². The van der Waals surface area contributed by atoms with Gasteiger partial charge in [-0.25, -0.2) is 0 Å². The van der Waals surface area contributed by atoms with Gasteiger partial charge in [0.05, 0.1) is 31.0 Å². The fourth-order valence-corrected chi connectivity index (χ4v) is 3.52. The van der Waals surface area contributed by atoms with Crippen LogP contribution in [0.4, 0.5) is 5.69 Å². The highest BCUT2D eigenvalue weighted by Gasteiger charge is 2.30. The van der Waals surface area contributed by atoms with E-state index in [1.54, 1.807) is 27.9 Å². The van der Waals surface area contributed by atoms with Gasteiger partial charge in [0.1, 0.15) is 5.69 Å². The van der Waals surface area contributed by atoms with Crippen molar-refractivity contribution in [3.8, 4) is 17.2 Å². The number of amides is 1. The summed E-state index contributed by atoms with van der Waals surface area (Å²) in [4.78, 5) is 15.0. The van der Waals surface area contributed by atoms with Gasteiger partial charge in [-0.05, 0) is 35.4 Å². The summed E-state index contributed by atoms with van der Waals surface area (Å²) in [6, 6.07) is 17.2. The SMILES string of the molecule is N#Cc1cccc(-c2cnn3c2C(=O)N(c2ccc(CNCCO)cc2)CC3)c1. The number of nitriles is 1. The average Bonchev–Trinajstić information content (AvgIpc) is 3.20. The molecule has 1 aliphatic heterocycles. The van der Waals surface area contributed by atoms with Crippen LogP contribution in [0.1, 0.15) is 21.6 Å². The molecule has 2 N–H and O–H groups in total. The minimum atomic E-state index is -0.0998. The molecule has 146 valence electrons. The molecule has 7 heteroatoms. The second-order valence-corrected chi connectivity index (χ2v) is 6.85. The van der Waals surface area contributed by atoms with Gasteiger partial charge in [-0.1, -0.05) is 24.3 Å². The molecule has 0 unspecified atom stereocenters. The minimum absolute atomic E-state index is 0.0998. The van der Waals surface area contributed by atoms with Gasteiger partial charge in [0.25, 0.3) is 5.91 Å². The molecule has 0 radical (unpaired) electrons. The largest absolute Gasteiger partial charge is 0.395 e. The van der Waals surface area contributed by atoms with E-state index in [1.165, 1.54) is 0 Å². The molecule has 0 saturated heterocycles. The molecule has 1 aromatic heterocycles. The van der Waals surface area contributed by atoms with Crippen molar-refractivity contribution in [2.24, 2.45) is 0 Å². The molecule has 7 nitrogen and oxygen atoms in total. The van der Waals surface area contributed by atoms with Crippen LogP contribution in [-0.4, -0.2) is 40.5 Å². The van der Waals surface area contributed by atoms with Crippen LogP contribution in [0.3, 0.4) is 0 Å². The molecule has 0 atom stereocenters. The van der Waals surface area contributed by atoms with Crippen LogP contribution in [0.15, 0.2) is 54.7 Å². The predicted molar refractivity (Wildman–Crippen MR) is 109 cm³/mol. The molecule has 0 spiro atoms. The Morgan fingerprint density at radius 3 is 2.76 bits per heavy atom. The summed E-state index contributed by atoms with van der Waals surface area (Å²) >= 11 is 0. The molecule has 29 heavy (non-hydrogen) atoms. The van der Waals surface area contributed by atoms with Gasteiger partial charge in [-0.2, -0.15) is 10.4 Å². The number of fused-ring (bicyclic) bond motifs is 1. The van der Waals surface area contributed by atoms with Crippen molar-refractivity contribution in [1.82, 2.24) is 15.1 Å². The molecule has 1 aliphatic rings. The molecule has 2 aromatic carbocycles. The van der Waals surface area contributed by atoms with Crippen LogP contribution >= 0.6 is 0 Å². The van der Waals surface area contributed by atoms with E-state index in [0.29, 0.717) is 37.4 Å². The van der Waals surface area contributed by atoms with Gasteiger partial charge in [0, 0.05) is 30.9 Å². The Labute approximate surface area is 168 Å². The standard InChI is InChI=1S/C22H21N5O2/c23-13-17-2-1-3-18(12-17)20-15-25-27-10-9-26(22(29)21(20)27)19-6-4-16(5-7-19)14-24-8-11-28/h1-7,12,15,24,28H,8-11,14H2. The highest BCUT2D eigenvalue weighted by atomic mass is 16.3. The minimum Gasteiger partial charge on any atom is -0.395 e. The summed E-state index contributed by atoms with van der Waals surface area (Å²) in [5, 5.41) is 25.5. The molecular weight excluding hydrogens is 366 g/mol. The summed E-state index contributed by atoms with van der Waals surface area (Å²) in [6.07, 6.45) is 1.70. The molecule has 4 rings (SSSR count). The van der Waals surface area contributed by atoms with Crippen molar-refractivity contribution in [2.75, 3.05) is 24.6 Å². The maximum absolute atomic E-state index is 13.3. The van der Waals surface area contributed by atoms with Gasteiger partial charge in [0.15, 0.2) is 0 Å². The third-order valence-electron chi connectivity index (χ3n) is 4.99. The van der Waals surface area contributed by atoms with Crippen molar-refractivity contribution < 1.29 is 9.90 Å². The Morgan fingerprint density at radius 1 is 1.17 bits per heavy atom. The zero-order valence-electron chi connectivity index (χ0n) is 15.9. The number of aliphatic hydroxyl groups is 1. The van der Waals surface area contributed by atoms with Crippen molar-refractivity contribution in [2.45, 2.75) is 13.1 Å². The first-order valence-electron chi connectivity index (χ1n) is 9.50. The van der Waals surface area contributed by atoms with Crippen LogP contribution in [0.25, 0.3) is 11.1 Å². The van der Waals surface area contributed by atoms with Crippen LogP contribution in [-0.2, 0) is 13.1 Å². The number of rotatable bonds is 6. The Kier molecular flexibility index (Phi) is 5.38. The van der Waals surface area contributed by atoms with E-state index >= 15 is 0 Å². The van der Waals surface area contributed by atoms with Crippen LogP contribution < -0.4 is 10.2 Å². The second kappa shape index (κ2) is 8.27. The van der Waals surface area contributed by atoms with Gasteiger partial charge in [0.2, 0.25) is 0 Å². The van der Waals surface area contributed by atoms with Gasteiger partial charge >= 0.3 is 0 Å². The molecular formula is C22H21N5O2. The molecule has 0 saturated carbocycles. The highest BCUT2D eigenvalue weighted by Crippen LogP contribution is 2.29. The van der Waals surface area contributed by atoms with Gasteiger partial charge in [-0.3, -0.25) is 9.48 Å². The summed E-state index contributed by atoms with van der Waals surface area (Å²) < 4.78 is 1.74. The predicted octanol–water partition coefficient (Wildman–Crippen LogP) is 2.16. The molecule has 0 bridgehead atoms. The second-order valence-electron chi connectivity index (χ2n) is 6.85. The zero-order chi connectivity index (χ0) is 20.2. The van der Waals surface area contributed by atoms with E-state index in [-0.39, 0.29) is 12.5 Å². The number of anilines is 1. The van der Waals surface area contributed by atoms with E-state index in [9.17, 15) is 4.79 Å². The fourth-order valence-electron chi connectivity index (χ4n) is 3.52. The maximum Gasteiger partial charge on any atom is 0.277 e. The van der Waals surface area contributed by atoms with Crippen molar-refractivity contribution in [1.29, 1.82) is 5.26 Å². The lowest BCUT2D eigenvalue weighted by Crippen LogP contribution is -2.40. The summed E-state index contributed by atoms with van der Waals surface area (Å²) in [5.41, 5.74) is 4.57. The number of carbonyl (C=O) groups excluding carboxylic acids is 1. The third-order valence-corrected chi connectivity index (χ3v) is 4.99. The summed E-state index contributed by atoms with van der Waals surface area (Å²) in [7, 11) is 0. The molecule has 0 aliphatic carbocycles. The zero-order valence-corrected chi connectivity index (χ0v) is 15.9.